The lowest BCUT2D eigenvalue weighted by atomic mass is 10.1. The summed E-state index contributed by atoms with van der Waals surface area (Å²) in [5, 5.41) is 10.2. The number of benzene rings is 2. The number of nitrogens with one attached hydrogen (secondary N) is 1. The molecule has 0 radical (unpaired) electrons. The molecular formula is C21H17F3N4O5. The van der Waals surface area contributed by atoms with E-state index in [-0.39, 0.29) is 36.5 Å². The molecule has 1 aliphatic rings. The number of aromatic nitrogens is 2. The molecule has 2 aromatic carbocycles. The molecule has 12 heteroatoms. The average molecular weight is 462 g/mol. The second-order valence-corrected chi connectivity index (χ2v) is 7.08. The third-order valence-electron chi connectivity index (χ3n) is 4.87. The molecule has 33 heavy (non-hydrogen) atoms. The van der Waals surface area contributed by atoms with Gasteiger partial charge in [0.25, 0.3) is 5.91 Å². The van der Waals surface area contributed by atoms with E-state index in [9.17, 15) is 22.8 Å². The maximum atomic E-state index is 12.4. The standard InChI is InChI=1S/C21H17F3N4O5/c1-31-15-6-2-12(3-7-15)18(30)25-20-27-26-19(32-20)13-10-17(29)28(11-13)14-4-8-16(9-5-14)33-21(22,23)24/h2-9,13H,10-11H2,1H3,(H,25,27,30)/t13-/m0/s1. The fourth-order valence-corrected chi connectivity index (χ4v) is 3.31. The van der Waals surface area contributed by atoms with Crippen molar-refractivity contribution in [2.45, 2.75) is 18.7 Å². The lowest BCUT2D eigenvalue weighted by Crippen LogP contribution is -2.24. The first-order valence-electron chi connectivity index (χ1n) is 9.67. The monoisotopic (exact) mass is 462 g/mol. The molecule has 1 aromatic heterocycles. The average Bonchev–Trinajstić information content (AvgIpc) is 3.40. The highest BCUT2D eigenvalue weighted by Crippen LogP contribution is 2.33. The lowest BCUT2D eigenvalue weighted by Gasteiger charge is -2.17. The van der Waals surface area contributed by atoms with Gasteiger partial charge in [0, 0.05) is 24.2 Å². The zero-order chi connectivity index (χ0) is 23.6. The number of methoxy groups -OCH3 is 1. The molecule has 1 atom stereocenters. The molecule has 1 aliphatic heterocycles. The number of hydrogen-bond donors (Lipinski definition) is 1. The molecule has 0 unspecified atom stereocenters. The van der Waals surface area contributed by atoms with Gasteiger partial charge in [-0.25, -0.2) is 0 Å². The summed E-state index contributed by atoms with van der Waals surface area (Å²) >= 11 is 0. The Balaban J connectivity index is 1.39. The topological polar surface area (TPSA) is 107 Å². The highest BCUT2D eigenvalue weighted by Gasteiger charge is 2.35. The number of carbonyl (C=O) groups is 2. The Labute approximate surface area is 185 Å². The Morgan fingerprint density at radius 3 is 2.39 bits per heavy atom. The molecule has 1 N–H and O–H groups in total. The van der Waals surface area contributed by atoms with E-state index in [2.05, 4.69) is 20.3 Å². The van der Waals surface area contributed by atoms with E-state index >= 15 is 0 Å². The second-order valence-electron chi connectivity index (χ2n) is 7.08. The zero-order valence-corrected chi connectivity index (χ0v) is 17.1. The van der Waals surface area contributed by atoms with E-state index in [1.165, 1.54) is 24.1 Å². The van der Waals surface area contributed by atoms with Gasteiger partial charge in [0.2, 0.25) is 11.8 Å². The molecule has 2 amide bonds. The lowest BCUT2D eigenvalue weighted by molar-refractivity contribution is -0.274. The Hall–Kier alpha value is -4.09. The number of carbonyl (C=O) groups excluding carboxylic acids is 2. The molecule has 4 rings (SSSR count). The summed E-state index contributed by atoms with van der Waals surface area (Å²) in [5.74, 6) is -0.784. The van der Waals surface area contributed by atoms with Crippen LogP contribution in [0.2, 0.25) is 0 Å². The van der Waals surface area contributed by atoms with Crippen molar-refractivity contribution in [3.8, 4) is 11.5 Å². The molecule has 0 aliphatic carbocycles. The van der Waals surface area contributed by atoms with Gasteiger partial charge in [0.05, 0.1) is 13.0 Å². The minimum atomic E-state index is -4.80. The third kappa shape index (κ3) is 5.22. The second kappa shape index (κ2) is 8.81. The van der Waals surface area contributed by atoms with E-state index in [4.69, 9.17) is 9.15 Å². The highest BCUT2D eigenvalue weighted by atomic mass is 19.4. The molecule has 0 bridgehead atoms. The van der Waals surface area contributed by atoms with Gasteiger partial charge in [-0.2, -0.15) is 0 Å². The first-order chi connectivity index (χ1) is 15.7. The fourth-order valence-electron chi connectivity index (χ4n) is 3.31. The largest absolute Gasteiger partial charge is 0.573 e. The molecule has 1 fully saturated rings. The van der Waals surface area contributed by atoms with Gasteiger partial charge < -0.3 is 18.8 Å². The van der Waals surface area contributed by atoms with Crippen LogP contribution < -0.4 is 19.7 Å². The third-order valence-corrected chi connectivity index (χ3v) is 4.87. The molecule has 172 valence electrons. The van der Waals surface area contributed by atoms with Crippen LogP contribution in [0, 0.1) is 0 Å². The summed E-state index contributed by atoms with van der Waals surface area (Å²) in [4.78, 5) is 26.2. The van der Waals surface area contributed by atoms with Gasteiger partial charge >= 0.3 is 12.4 Å². The SMILES string of the molecule is COc1ccc(C(=O)Nc2nnc([C@H]3CC(=O)N(c4ccc(OC(F)(F)F)cc4)C3)o2)cc1. The fraction of sp³-hybridized carbons (Fsp3) is 0.238. The predicted octanol–water partition coefficient (Wildman–Crippen LogP) is 3.75. The number of ether oxygens (including phenoxy) is 2. The molecule has 2 heterocycles. The number of rotatable bonds is 6. The van der Waals surface area contributed by atoms with Crippen LogP contribution in [0.25, 0.3) is 0 Å². The van der Waals surface area contributed by atoms with Crippen molar-refractivity contribution in [1.29, 1.82) is 0 Å². The molecule has 3 aromatic rings. The number of hydrogen-bond acceptors (Lipinski definition) is 7. The number of halogens is 3. The minimum absolute atomic E-state index is 0.0643. The van der Waals surface area contributed by atoms with Crippen molar-refractivity contribution in [2.75, 3.05) is 23.9 Å². The van der Waals surface area contributed by atoms with Crippen LogP contribution in [0.5, 0.6) is 11.5 Å². The number of anilines is 2. The molecule has 1 saturated heterocycles. The molecule has 0 spiro atoms. The van der Waals surface area contributed by atoms with Crippen LogP contribution >= 0.6 is 0 Å². The molecule has 9 nitrogen and oxygen atoms in total. The summed E-state index contributed by atoms with van der Waals surface area (Å²) in [6, 6.07) is 11.3. The van der Waals surface area contributed by atoms with Crippen molar-refractivity contribution in [1.82, 2.24) is 10.2 Å². The molecule has 0 saturated carbocycles. The minimum Gasteiger partial charge on any atom is -0.497 e. The first-order valence-corrected chi connectivity index (χ1v) is 9.67. The van der Waals surface area contributed by atoms with Gasteiger partial charge in [-0.15, -0.1) is 18.3 Å². The number of nitrogens with zero attached hydrogens (tertiary/aromatic N) is 3. The zero-order valence-electron chi connectivity index (χ0n) is 17.1. The van der Waals surface area contributed by atoms with Crippen molar-refractivity contribution in [2.24, 2.45) is 0 Å². The Morgan fingerprint density at radius 1 is 1.09 bits per heavy atom. The predicted molar refractivity (Wildman–Crippen MR) is 108 cm³/mol. The quantitative estimate of drug-likeness (QED) is 0.595. The van der Waals surface area contributed by atoms with Crippen LogP contribution in [0.4, 0.5) is 24.9 Å². The number of alkyl halides is 3. The summed E-state index contributed by atoms with van der Waals surface area (Å²) in [6.07, 6.45) is -4.73. The maximum Gasteiger partial charge on any atom is 0.573 e. The molecular weight excluding hydrogens is 445 g/mol. The van der Waals surface area contributed by atoms with Gasteiger partial charge in [0.15, 0.2) is 0 Å². The summed E-state index contributed by atoms with van der Waals surface area (Å²) in [6.45, 7) is 0.187. The normalized spacial score (nSPS) is 16.1. The van der Waals surface area contributed by atoms with Crippen molar-refractivity contribution in [3.63, 3.8) is 0 Å². The van der Waals surface area contributed by atoms with Crippen molar-refractivity contribution in [3.05, 3.63) is 60.0 Å². The van der Waals surface area contributed by atoms with Gasteiger partial charge in [-0.3, -0.25) is 14.9 Å². The van der Waals surface area contributed by atoms with Crippen LogP contribution in [0.3, 0.4) is 0 Å². The summed E-state index contributed by atoms with van der Waals surface area (Å²) < 4.78 is 51.3. The van der Waals surface area contributed by atoms with Gasteiger partial charge in [-0.05, 0) is 48.5 Å². The highest BCUT2D eigenvalue weighted by molar-refractivity contribution is 6.03. The Kier molecular flexibility index (Phi) is 5.90. The summed E-state index contributed by atoms with van der Waals surface area (Å²) in [5.41, 5.74) is 0.764. The van der Waals surface area contributed by atoms with Crippen LogP contribution in [0.1, 0.15) is 28.6 Å². The van der Waals surface area contributed by atoms with Crippen LogP contribution in [-0.2, 0) is 4.79 Å². The first kappa shape index (κ1) is 22.1. The van der Waals surface area contributed by atoms with Gasteiger partial charge in [0.1, 0.15) is 11.5 Å². The van der Waals surface area contributed by atoms with Crippen molar-refractivity contribution >= 4 is 23.5 Å². The van der Waals surface area contributed by atoms with Gasteiger partial charge in [-0.1, -0.05) is 5.10 Å². The van der Waals surface area contributed by atoms with Crippen molar-refractivity contribution < 1.29 is 36.7 Å². The van der Waals surface area contributed by atoms with E-state index in [1.54, 1.807) is 24.3 Å². The summed E-state index contributed by atoms with van der Waals surface area (Å²) in [7, 11) is 1.52. The van der Waals surface area contributed by atoms with E-state index in [0.717, 1.165) is 12.1 Å². The van der Waals surface area contributed by atoms with E-state index in [1.807, 2.05) is 0 Å². The van der Waals surface area contributed by atoms with E-state index in [0.29, 0.717) is 17.0 Å². The smallest absolute Gasteiger partial charge is 0.497 e. The van der Waals surface area contributed by atoms with Crippen LogP contribution in [0.15, 0.2) is 52.9 Å². The maximum absolute atomic E-state index is 12.4. The van der Waals surface area contributed by atoms with Crippen LogP contribution in [-0.4, -0.2) is 42.0 Å². The number of amides is 2. The Bertz CT molecular complexity index is 1150. The van der Waals surface area contributed by atoms with E-state index < -0.39 is 18.2 Å². The Morgan fingerprint density at radius 2 is 1.76 bits per heavy atom.